The van der Waals surface area contributed by atoms with Crippen molar-refractivity contribution in [3.05, 3.63) is 29.6 Å². The Bertz CT molecular complexity index is 378. The van der Waals surface area contributed by atoms with Crippen molar-refractivity contribution >= 4 is 24.8 Å². The number of rotatable bonds is 0. The number of nitrogens with zero attached hydrogens (tertiary/aromatic N) is 1. The molecule has 1 aromatic heterocycles. The van der Waals surface area contributed by atoms with Crippen molar-refractivity contribution in [3.8, 4) is 0 Å². The van der Waals surface area contributed by atoms with Crippen LogP contribution in [0.4, 0.5) is 0 Å². The van der Waals surface area contributed by atoms with Gasteiger partial charge in [0.25, 0.3) is 0 Å². The fourth-order valence-electron chi connectivity index (χ4n) is 3.07. The van der Waals surface area contributed by atoms with Crippen molar-refractivity contribution < 1.29 is 0 Å². The van der Waals surface area contributed by atoms with Gasteiger partial charge >= 0.3 is 0 Å². The van der Waals surface area contributed by atoms with Gasteiger partial charge in [0.15, 0.2) is 0 Å². The van der Waals surface area contributed by atoms with E-state index in [4.69, 9.17) is 5.73 Å². The summed E-state index contributed by atoms with van der Waals surface area (Å²) in [7, 11) is 0. The van der Waals surface area contributed by atoms with Crippen LogP contribution in [0.25, 0.3) is 0 Å². The summed E-state index contributed by atoms with van der Waals surface area (Å²) in [6.07, 6.45) is 5.35. The Morgan fingerprint density at radius 2 is 2.00 bits per heavy atom. The molecule has 1 fully saturated rings. The van der Waals surface area contributed by atoms with E-state index in [0.717, 1.165) is 25.2 Å². The topological polar surface area (TPSA) is 50.9 Å². The molecule has 0 aromatic carbocycles. The van der Waals surface area contributed by atoms with E-state index in [1.807, 2.05) is 12.3 Å². The standard InChI is InChI=1S/C12H17N3.2ClH/c13-11-10-9(2-1-5-15-10)8-12(11)3-6-14-7-4-12;;/h1-2,5,11,14H,3-4,6-8,13H2;2*1H/t11-;;/m1../s1. The Morgan fingerprint density at radius 3 is 2.65 bits per heavy atom. The zero-order chi connectivity index (χ0) is 10.3. The van der Waals surface area contributed by atoms with Gasteiger partial charge in [-0.05, 0) is 49.4 Å². The first-order chi connectivity index (χ1) is 7.32. The summed E-state index contributed by atoms with van der Waals surface area (Å²) in [6.45, 7) is 2.20. The van der Waals surface area contributed by atoms with Crippen LogP contribution in [-0.4, -0.2) is 18.1 Å². The summed E-state index contributed by atoms with van der Waals surface area (Å²) in [6, 6.07) is 4.35. The number of hydrogen-bond acceptors (Lipinski definition) is 3. The number of piperidine rings is 1. The maximum atomic E-state index is 6.37. The van der Waals surface area contributed by atoms with Crippen LogP contribution in [0.1, 0.15) is 30.1 Å². The molecule has 2 aliphatic rings. The summed E-state index contributed by atoms with van der Waals surface area (Å²) in [5.41, 5.74) is 9.17. The van der Waals surface area contributed by atoms with Gasteiger partial charge in [-0.25, -0.2) is 0 Å². The molecule has 1 aromatic rings. The van der Waals surface area contributed by atoms with Gasteiger partial charge in [0, 0.05) is 6.20 Å². The van der Waals surface area contributed by atoms with E-state index in [1.54, 1.807) is 0 Å². The quantitative estimate of drug-likeness (QED) is 0.760. The van der Waals surface area contributed by atoms with Crippen LogP contribution in [-0.2, 0) is 6.42 Å². The van der Waals surface area contributed by atoms with Crippen molar-refractivity contribution in [3.63, 3.8) is 0 Å². The molecule has 1 aliphatic carbocycles. The second-order valence-electron chi connectivity index (χ2n) is 4.81. The Morgan fingerprint density at radius 1 is 1.29 bits per heavy atom. The first-order valence-electron chi connectivity index (χ1n) is 5.72. The second-order valence-corrected chi connectivity index (χ2v) is 4.81. The molecule has 1 saturated heterocycles. The van der Waals surface area contributed by atoms with Gasteiger partial charge in [-0.2, -0.15) is 0 Å². The summed E-state index contributed by atoms with van der Waals surface area (Å²) in [5.74, 6) is 0. The van der Waals surface area contributed by atoms with E-state index in [0.29, 0.717) is 5.41 Å². The zero-order valence-corrected chi connectivity index (χ0v) is 11.3. The van der Waals surface area contributed by atoms with E-state index in [-0.39, 0.29) is 30.9 Å². The van der Waals surface area contributed by atoms with Gasteiger partial charge in [-0.15, -0.1) is 24.8 Å². The number of hydrogen-bond donors (Lipinski definition) is 2. The highest BCUT2D eigenvalue weighted by atomic mass is 35.5. The average molecular weight is 276 g/mol. The Balaban J connectivity index is 0.000000722. The van der Waals surface area contributed by atoms with Crippen molar-refractivity contribution in [2.45, 2.75) is 25.3 Å². The molecule has 2 heterocycles. The Hall–Kier alpha value is -0.350. The third-order valence-corrected chi connectivity index (χ3v) is 4.02. The van der Waals surface area contributed by atoms with Gasteiger partial charge in [-0.3, -0.25) is 4.98 Å². The molecule has 0 amide bonds. The predicted octanol–water partition coefficient (Wildman–Crippen LogP) is 1.85. The van der Waals surface area contributed by atoms with Crippen molar-refractivity contribution in [2.24, 2.45) is 11.1 Å². The van der Waals surface area contributed by atoms with Crippen LogP contribution in [0.5, 0.6) is 0 Å². The molecular weight excluding hydrogens is 257 g/mol. The molecule has 96 valence electrons. The first kappa shape index (κ1) is 14.7. The summed E-state index contributed by atoms with van der Waals surface area (Å²) >= 11 is 0. The van der Waals surface area contributed by atoms with E-state index in [2.05, 4.69) is 16.4 Å². The molecule has 0 bridgehead atoms. The lowest BCUT2D eigenvalue weighted by Crippen LogP contribution is -2.42. The third kappa shape index (κ3) is 2.29. The zero-order valence-electron chi connectivity index (χ0n) is 9.69. The van der Waals surface area contributed by atoms with E-state index in [9.17, 15) is 0 Å². The molecule has 1 atom stereocenters. The number of nitrogens with two attached hydrogens (primary N) is 1. The highest BCUT2D eigenvalue weighted by Crippen LogP contribution is 2.48. The normalized spacial score (nSPS) is 24.6. The minimum absolute atomic E-state index is 0. The summed E-state index contributed by atoms with van der Waals surface area (Å²) < 4.78 is 0. The maximum Gasteiger partial charge on any atom is 0.0608 e. The molecule has 0 radical (unpaired) electrons. The number of fused-ring (bicyclic) bond motifs is 1. The van der Waals surface area contributed by atoms with E-state index < -0.39 is 0 Å². The van der Waals surface area contributed by atoms with Crippen molar-refractivity contribution in [1.82, 2.24) is 10.3 Å². The van der Waals surface area contributed by atoms with Crippen LogP contribution in [0.15, 0.2) is 18.3 Å². The smallest absolute Gasteiger partial charge is 0.0608 e. The number of nitrogens with one attached hydrogen (secondary N) is 1. The van der Waals surface area contributed by atoms with Crippen LogP contribution < -0.4 is 11.1 Å². The fraction of sp³-hybridized carbons (Fsp3) is 0.583. The molecule has 5 heteroatoms. The van der Waals surface area contributed by atoms with E-state index >= 15 is 0 Å². The van der Waals surface area contributed by atoms with Gasteiger partial charge < -0.3 is 11.1 Å². The first-order valence-corrected chi connectivity index (χ1v) is 5.72. The Labute approximate surface area is 114 Å². The molecule has 3 rings (SSSR count). The van der Waals surface area contributed by atoms with Crippen molar-refractivity contribution in [1.29, 1.82) is 0 Å². The molecule has 3 N–H and O–H groups in total. The minimum Gasteiger partial charge on any atom is -0.322 e. The van der Waals surface area contributed by atoms with Crippen molar-refractivity contribution in [2.75, 3.05) is 13.1 Å². The second kappa shape index (κ2) is 5.53. The molecule has 0 saturated carbocycles. The summed E-state index contributed by atoms with van der Waals surface area (Å²) in [5, 5.41) is 3.41. The predicted molar refractivity (Wildman–Crippen MR) is 73.9 cm³/mol. The molecule has 0 unspecified atom stereocenters. The molecule has 1 aliphatic heterocycles. The van der Waals surface area contributed by atoms with Crippen LogP contribution >= 0.6 is 24.8 Å². The lowest BCUT2D eigenvalue weighted by atomic mass is 9.74. The van der Waals surface area contributed by atoms with Gasteiger partial charge in [-0.1, -0.05) is 6.07 Å². The average Bonchev–Trinajstić information content (AvgIpc) is 2.54. The minimum atomic E-state index is 0. The third-order valence-electron chi connectivity index (χ3n) is 4.02. The highest BCUT2D eigenvalue weighted by Gasteiger charge is 2.45. The van der Waals surface area contributed by atoms with E-state index in [1.165, 1.54) is 18.4 Å². The number of halogens is 2. The molecular formula is C12H19Cl2N3. The fourth-order valence-corrected chi connectivity index (χ4v) is 3.07. The van der Waals surface area contributed by atoms with Gasteiger partial charge in [0.2, 0.25) is 0 Å². The lowest BCUT2D eigenvalue weighted by molar-refractivity contribution is 0.172. The number of pyridine rings is 1. The largest absolute Gasteiger partial charge is 0.322 e. The summed E-state index contributed by atoms with van der Waals surface area (Å²) in [4.78, 5) is 4.44. The lowest BCUT2D eigenvalue weighted by Gasteiger charge is -2.37. The molecule has 3 nitrogen and oxygen atoms in total. The Kier molecular flexibility index (Phi) is 4.78. The highest BCUT2D eigenvalue weighted by molar-refractivity contribution is 5.85. The maximum absolute atomic E-state index is 6.37. The van der Waals surface area contributed by atoms with Crippen LogP contribution in [0.3, 0.4) is 0 Å². The molecule has 17 heavy (non-hydrogen) atoms. The monoisotopic (exact) mass is 275 g/mol. The SMILES string of the molecule is Cl.Cl.N[C@@H]1c2ncccc2CC12CCNCC2. The van der Waals surface area contributed by atoms with Crippen LogP contribution in [0, 0.1) is 5.41 Å². The van der Waals surface area contributed by atoms with Gasteiger partial charge in [0.05, 0.1) is 11.7 Å². The molecule has 1 spiro atoms. The van der Waals surface area contributed by atoms with Gasteiger partial charge in [0.1, 0.15) is 0 Å². The van der Waals surface area contributed by atoms with Crippen LogP contribution in [0.2, 0.25) is 0 Å². The number of aromatic nitrogens is 1.